The Labute approximate surface area is 185 Å². The lowest BCUT2D eigenvalue weighted by molar-refractivity contribution is -0.123. The van der Waals surface area contributed by atoms with Crippen LogP contribution in [0.3, 0.4) is 0 Å². The van der Waals surface area contributed by atoms with Crippen molar-refractivity contribution in [2.75, 3.05) is 11.9 Å². The van der Waals surface area contributed by atoms with E-state index in [9.17, 15) is 23.9 Å². The molecule has 1 aliphatic rings. The van der Waals surface area contributed by atoms with E-state index in [2.05, 4.69) is 20.9 Å². The Morgan fingerprint density at radius 1 is 1.25 bits per heavy atom. The Morgan fingerprint density at radius 3 is 2.66 bits per heavy atom. The molecule has 0 bridgehead atoms. The summed E-state index contributed by atoms with van der Waals surface area (Å²) >= 11 is 0. The average molecular weight is 442 g/mol. The van der Waals surface area contributed by atoms with Crippen molar-refractivity contribution in [2.24, 2.45) is 0 Å². The van der Waals surface area contributed by atoms with E-state index < -0.39 is 17.8 Å². The molecular weight excluding hydrogens is 415 g/mol. The average Bonchev–Trinajstić information content (AvgIpc) is 3.15. The number of hydrogen-bond acceptors (Lipinski definition) is 4. The highest BCUT2D eigenvalue weighted by Gasteiger charge is 2.26. The Kier molecular flexibility index (Phi) is 6.78. The van der Waals surface area contributed by atoms with E-state index in [0.717, 1.165) is 0 Å². The van der Waals surface area contributed by atoms with Crippen molar-refractivity contribution in [2.45, 2.75) is 46.3 Å². The zero-order valence-corrected chi connectivity index (χ0v) is 18.4. The van der Waals surface area contributed by atoms with Gasteiger partial charge in [-0.1, -0.05) is 0 Å². The molecule has 1 unspecified atom stereocenters. The molecule has 2 aromatic rings. The maximum Gasteiger partial charge on any atom is 0.256 e. The lowest BCUT2D eigenvalue weighted by Crippen LogP contribution is -2.38. The number of aliphatic hydroxyl groups excluding tert-OH is 1. The zero-order chi connectivity index (χ0) is 23.6. The second-order valence-electron chi connectivity index (χ2n) is 8.16. The van der Waals surface area contributed by atoms with Crippen LogP contribution in [0.15, 0.2) is 18.2 Å². The number of nitrogens with one attached hydrogen (secondary N) is 4. The predicted molar refractivity (Wildman–Crippen MR) is 119 cm³/mol. The molecule has 1 atom stereocenters. The van der Waals surface area contributed by atoms with Gasteiger partial charge in [0.25, 0.3) is 11.8 Å². The highest BCUT2D eigenvalue weighted by molar-refractivity contribution is 6.34. The van der Waals surface area contributed by atoms with Gasteiger partial charge in [0.05, 0.1) is 23.7 Å². The quantitative estimate of drug-likeness (QED) is 0.422. The summed E-state index contributed by atoms with van der Waals surface area (Å²) in [7, 11) is 0. The molecule has 9 heteroatoms. The molecule has 5 N–H and O–H groups in total. The summed E-state index contributed by atoms with van der Waals surface area (Å²) in [5, 5.41) is 18.1. The maximum absolute atomic E-state index is 13.7. The molecule has 170 valence electrons. The van der Waals surface area contributed by atoms with Crippen LogP contribution in [-0.2, 0) is 9.59 Å². The van der Waals surface area contributed by atoms with E-state index in [1.807, 2.05) is 13.8 Å². The second kappa shape index (κ2) is 9.35. The fourth-order valence-corrected chi connectivity index (χ4v) is 3.67. The van der Waals surface area contributed by atoms with Crippen LogP contribution < -0.4 is 16.0 Å². The Hall–Kier alpha value is -3.46. The predicted octanol–water partition coefficient (Wildman–Crippen LogP) is 2.27. The number of hydrogen-bond donors (Lipinski definition) is 5. The molecule has 8 nitrogen and oxygen atoms in total. The summed E-state index contributed by atoms with van der Waals surface area (Å²) in [6, 6.07) is 4.03. The van der Waals surface area contributed by atoms with Crippen LogP contribution in [0.2, 0.25) is 0 Å². The van der Waals surface area contributed by atoms with E-state index in [-0.39, 0.29) is 30.8 Å². The van der Waals surface area contributed by atoms with E-state index in [0.29, 0.717) is 39.3 Å². The standard InChI is InChI=1S/C23H27FN4O4/c1-11(2)26-20(30)8-15(29)10-25-23(32)21-12(3)19(27-13(21)4)9-17-16-7-14(24)5-6-18(16)28-22(17)31/h5-7,9,11,15,27,29H,8,10H2,1-4H3,(H,25,32)(H,26,30)(H,28,31)/b17-9-. The number of aromatic amines is 1. The molecule has 3 rings (SSSR count). The number of halogens is 1. The zero-order valence-electron chi connectivity index (χ0n) is 18.4. The van der Waals surface area contributed by atoms with Crippen molar-refractivity contribution in [3.63, 3.8) is 0 Å². The van der Waals surface area contributed by atoms with Gasteiger partial charge in [0.15, 0.2) is 0 Å². The number of aliphatic hydroxyl groups is 1. The largest absolute Gasteiger partial charge is 0.391 e. The summed E-state index contributed by atoms with van der Waals surface area (Å²) in [4.78, 5) is 39.9. The van der Waals surface area contributed by atoms with Crippen LogP contribution in [0.1, 0.15) is 53.1 Å². The van der Waals surface area contributed by atoms with Crippen molar-refractivity contribution in [1.82, 2.24) is 15.6 Å². The third-order valence-corrected chi connectivity index (χ3v) is 5.13. The van der Waals surface area contributed by atoms with Crippen LogP contribution in [0, 0.1) is 19.7 Å². The normalized spacial score (nSPS) is 15.0. The highest BCUT2D eigenvalue weighted by Crippen LogP contribution is 2.34. The molecule has 1 aliphatic heterocycles. The minimum Gasteiger partial charge on any atom is -0.391 e. The number of carbonyl (C=O) groups excluding carboxylic acids is 3. The first-order chi connectivity index (χ1) is 15.1. The van der Waals surface area contributed by atoms with Gasteiger partial charge in [0, 0.05) is 35.2 Å². The number of fused-ring (bicyclic) bond motifs is 1. The Balaban J connectivity index is 1.75. The van der Waals surface area contributed by atoms with Crippen LogP contribution in [0.25, 0.3) is 11.6 Å². The first kappa shape index (κ1) is 23.2. The van der Waals surface area contributed by atoms with E-state index in [1.165, 1.54) is 18.2 Å². The van der Waals surface area contributed by atoms with Crippen molar-refractivity contribution < 1.29 is 23.9 Å². The second-order valence-corrected chi connectivity index (χ2v) is 8.16. The molecule has 2 heterocycles. The summed E-state index contributed by atoms with van der Waals surface area (Å²) in [6.07, 6.45) is 0.448. The Morgan fingerprint density at radius 2 is 1.97 bits per heavy atom. The molecule has 0 saturated carbocycles. The van der Waals surface area contributed by atoms with Gasteiger partial charge in [-0.15, -0.1) is 0 Å². The molecular formula is C23H27FN4O4. The smallest absolute Gasteiger partial charge is 0.256 e. The van der Waals surface area contributed by atoms with Gasteiger partial charge in [-0.3, -0.25) is 14.4 Å². The van der Waals surface area contributed by atoms with Crippen molar-refractivity contribution >= 4 is 35.1 Å². The van der Waals surface area contributed by atoms with Gasteiger partial charge in [0.2, 0.25) is 5.91 Å². The summed E-state index contributed by atoms with van der Waals surface area (Å²) in [5.74, 6) is -1.51. The minimum atomic E-state index is -1.02. The number of carbonyl (C=O) groups is 3. The number of amides is 3. The number of anilines is 1. The van der Waals surface area contributed by atoms with E-state index in [4.69, 9.17) is 0 Å². The SMILES string of the molecule is Cc1[nH]c(/C=C2\C(=O)Nc3ccc(F)cc32)c(C)c1C(=O)NCC(O)CC(=O)NC(C)C. The van der Waals surface area contributed by atoms with Gasteiger partial charge in [0.1, 0.15) is 5.82 Å². The van der Waals surface area contributed by atoms with Crippen molar-refractivity contribution in [3.05, 3.63) is 52.1 Å². The number of H-pyrrole nitrogens is 1. The van der Waals surface area contributed by atoms with Crippen LogP contribution >= 0.6 is 0 Å². The molecule has 0 radical (unpaired) electrons. The van der Waals surface area contributed by atoms with Gasteiger partial charge < -0.3 is 26.0 Å². The number of rotatable bonds is 7. The van der Waals surface area contributed by atoms with E-state index >= 15 is 0 Å². The summed E-state index contributed by atoms with van der Waals surface area (Å²) < 4.78 is 13.7. The molecule has 0 spiro atoms. The number of aryl methyl sites for hydroxylation is 1. The van der Waals surface area contributed by atoms with Gasteiger partial charge in [-0.25, -0.2) is 4.39 Å². The molecule has 32 heavy (non-hydrogen) atoms. The topological polar surface area (TPSA) is 123 Å². The molecule has 0 aliphatic carbocycles. The van der Waals surface area contributed by atoms with Gasteiger partial charge in [-0.05, 0) is 57.5 Å². The highest BCUT2D eigenvalue weighted by atomic mass is 19.1. The van der Waals surface area contributed by atoms with Crippen LogP contribution in [-0.4, -0.2) is 46.5 Å². The summed E-state index contributed by atoms with van der Waals surface area (Å²) in [5.41, 5.74) is 3.39. The summed E-state index contributed by atoms with van der Waals surface area (Å²) in [6.45, 7) is 7.01. The number of aromatic nitrogens is 1. The van der Waals surface area contributed by atoms with E-state index in [1.54, 1.807) is 19.9 Å². The fourth-order valence-electron chi connectivity index (χ4n) is 3.67. The monoisotopic (exact) mass is 442 g/mol. The van der Waals surface area contributed by atoms with Gasteiger partial charge in [-0.2, -0.15) is 0 Å². The van der Waals surface area contributed by atoms with Crippen molar-refractivity contribution in [3.8, 4) is 0 Å². The minimum absolute atomic E-state index is 0.0348. The fraction of sp³-hybridized carbons (Fsp3) is 0.348. The molecule has 1 aromatic heterocycles. The number of benzene rings is 1. The van der Waals surface area contributed by atoms with Crippen LogP contribution in [0.5, 0.6) is 0 Å². The molecule has 3 amide bonds. The maximum atomic E-state index is 13.7. The van der Waals surface area contributed by atoms with Crippen molar-refractivity contribution in [1.29, 1.82) is 0 Å². The van der Waals surface area contributed by atoms with Gasteiger partial charge >= 0.3 is 0 Å². The first-order valence-electron chi connectivity index (χ1n) is 10.3. The third-order valence-electron chi connectivity index (χ3n) is 5.13. The van der Waals surface area contributed by atoms with Crippen LogP contribution in [0.4, 0.5) is 10.1 Å². The molecule has 0 saturated heterocycles. The lowest BCUT2D eigenvalue weighted by atomic mass is 10.0. The third kappa shape index (κ3) is 5.05. The molecule has 0 fully saturated rings. The lowest BCUT2D eigenvalue weighted by Gasteiger charge is -2.13. The molecule has 1 aromatic carbocycles. The Bertz CT molecular complexity index is 1100. The first-order valence-corrected chi connectivity index (χ1v) is 10.3.